The standard InChI is InChI=1S/C4H7F5O3Si/c1-10-13(11-2,4(7,8)9)12-3(5)6/h3H,1-2H3. The van der Waals surface area contributed by atoms with Crippen molar-refractivity contribution in [2.24, 2.45) is 0 Å². The third kappa shape index (κ3) is 2.86. The molecule has 0 aliphatic rings. The van der Waals surface area contributed by atoms with Crippen molar-refractivity contribution in [3.8, 4) is 0 Å². The predicted octanol–water partition coefficient (Wildman–Crippen LogP) is 1.56. The molecule has 0 saturated carbocycles. The van der Waals surface area contributed by atoms with Gasteiger partial charge >= 0.3 is 21.2 Å². The van der Waals surface area contributed by atoms with E-state index in [1.165, 1.54) is 0 Å². The quantitative estimate of drug-likeness (QED) is 0.537. The molecule has 0 heterocycles. The van der Waals surface area contributed by atoms with Crippen molar-refractivity contribution in [2.75, 3.05) is 14.2 Å². The van der Waals surface area contributed by atoms with Crippen molar-refractivity contribution in [1.82, 2.24) is 0 Å². The number of hydrogen-bond donors (Lipinski definition) is 0. The summed E-state index contributed by atoms with van der Waals surface area (Å²) in [6, 6.07) is 0. The van der Waals surface area contributed by atoms with Gasteiger partial charge in [0.15, 0.2) is 0 Å². The molecule has 0 spiro atoms. The van der Waals surface area contributed by atoms with Crippen LogP contribution >= 0.6 is 0 Å². The van der Waals surface area contributed by atoms with Gasteiger partial charge in [0.2, 0.25) is 0 Å². The summed E-state index contributed by atoms with van der Waals surface area (Å²) in [5.74, 6) is -5.06. The Hall–Kier alpha value is -0.253. The monoisotopic (exact) mass is 226 g/mol. The van der Waals surface area contributed by atoms with Crippen LogP contribution in [0, 0.1) is 0 Å². The van der Waals surface area contributed by atoms with Crippen molar-refractivity contribution < 1.29 is 35.2 Å². The first-order valence-corrected chi connectivity index (χ1v) is 4.64. The second-order valence-corrected chi connectivity index (χ2v) is 4.57. The van der Waals surface area contributed by atoms with E-state index in [0.717, 1.165) is 0 Å². The van der Waals surface area contributed by atoms with E-state index < -0.39 is 21.2 Å². The van der Waals surface area contributed by atoms with E-state index in [4.69, 9.17) is 0 Å². The lowest BCUT2D eigenvalue weighted by atomic mass is 11.5. The fourth-order valence-corrected chi connectivity index (χ4v) is 1.79. The fourth-order valence-electron chi connectivity index (χ4n) is 0.595. The van der Waals surface area contributed by atoms with Gasteiger partial charge in [0.25, 0.3) is 0 Å². The number of halogens is 5. The minimum absolute atomic E-state index is 0.603. The van der Waals surface area contributed by atoms with Gasteiger partial charge in [0.1, 0.15) is 0 Å². The predicted molar refractivity (Wildman–Crippen MR) is 32.9 cm³/mol. The van der Waals surface area contributed by atoms with Crippen LogP contribution in [-0.4, -0.2) is 35.4 Å². The largest absolute Gasteiger partial charge is 0.619 e. The van der Waals surface area contributed by atoms with Gasteiger partial charge in [-0.1, -0.05) is 0 Å². The first-order valence-electron chi connectivity index (χ1n) is 2.92. The second kappa shape index (κ2) is 4.31. The molecule has 0 aromatic heterocycles. The van der Waals surface area contributed by atoms with Gasteiger partial charge in [-0.25, -0.2) is 0 Å². The van der Waals surface area contributed by atoms with Crippen LogP contribution in [0.1, 0.15) is 0 Å². The molecule has 0 aromatic rings. The van der Waals surface area contributed by atoms with Crippen molar-refractivity contribution >= 4 is 8.80 Å². The minimum Gasteiger partial charge on any atom is -0.371 e. The molecular formula is C4H7F5O3Si. The third-order valence-electron chi connectivity index (χ3n) is 1.13. The van der Waals surface area contributed by atoms with Crippen molar-refractivity contribution in [3.63, 3.8) is 0 Å². The van der Waals surface area contributed by atoms with Gasteiger partial charge in [-0.05, 0) is 0 Å². The highest BCUT2D eigenvalue weighted by atomic mass is 28.4. The van der Waals surface area contributed by atoms with E-state index in [0.29, 0.717) is 14.2 Å². The summed E-state index contributed by atoms with van der Waals surface area (Å²) in [5, 5.41) is 0. The Morgan fingerprint density at radius 3 is 1.54 bits per heavy atom. The topological polar surface area (TPSA) is 27.7 Å². The molecule has 0 saturated heterocycles. The Kier molecular flexibility index (Phi) is 4.22. The molecular weight excluding hydrogens is 219 g/mol. The highest BCUT2D eigenvalue weighted by molar-refractivity contribution is 6.62. The van der Waals surface area contributed by atoms with Crippen LogP contribution in [-0.2, 0) is 13.3 Å². The van der Waals surface area contributed by atoms with Gasteiger partial charge in [-0.15, -0.1) is 0 Å². The zero-order valence-electron chi connectivity index (χ0n) is 6.69. The first-order chi connectivity index (χ1) is 5.79. The molecule has 0 radical (unpaired) electrons. The molecule has 9 heteroatoms. The molecule has 0 aliphatic heterocycles. The maximum Gasteiger partial charge on any atom is 0.619 e. The molecule has 80 valence electrons. The molecule has 0 fully saturated rings. The third-order valence-corrected chi connectivity index (χ3v) is 3.39. The lowest BCUT2D eigenvalue weighted by molar-refractivity contribution is -0.171. The van der Waals surface area contributed by atoms with Gasteiger partial charge in [0.05, 0.1) is 0 Å². The molecule has 0 amide bonds. The molecule has 13 heavy (non-hydrogen) atoms. The summed E-state index contributed by atoms with van der Waals surface area (Å²) < 4.78 is 70.5. The van der Waals surface area contributed by atoms with E-state index >= 15 is 0 Å². The average molecular weight is 226 g/mol. The maximum absolute atomic E-state index is 12.1. The van der Waals surface area contributed by atoms with Crippen LogP contribution < -0.4 is 0 Å². The van der Waals surface area contributed by atoms with E-state index in [1.54, 1.807) is 0 Å². The number of hydrogen-bond acceptors (Lipinski definition) is 3. The molecule has 0 atom stereocenters. The molecule has 3 nitrogen and oxygen atoms in total. The second-order valence-electron chi connectivity index (χ2n) is 1.84. The molecule has 0 unspecified atom stereocenters. The number of rotatable bonds is 4. The van der Waals surface area contributed by atoms with E-state index in [2.05, 4.69) is 13.3 Å². The van der Waals surface area contributed by atoms with Crippen molar-refractivity contribution in [1.29, 1.82) is 0 Å². The first kappa shape index (κ1) is 12.7. The normalized spacial score (nSPS) is 13.8. The molecule has 0 bridgehead atoms. The lowest BCUT2D eigenvalue weighted by Gasteiger charge is -2.27. The Bertz CT molecular complexity index is 156. The summed E-state index contributed by atoms with van der Waals surface area (Å²) >= 11 is 0. The van der Waals surface area contributed by atoms with Crippen LogP contribution in [0.3, 0.4) is 0 Å². The summed E-state index contributed by atoms with van der Waals surface area (Å²) in [5.41, 5.74) is 0. The summed E-state index contributed by atoms with van der Waals surface area (Å²) in [6.45, 7) is -3.59. The Balaban J connectivity index is 4.70. The van der Waals surface area contributed by atoms with Gasteiger partial charge in [-0.2, -0.15) is 22.0 Å². The lowest BCUT2D eigenvalue weighted by Crippen LogP contribution is -2.58. The SMILES string of the molecule is CO[Si](OC)(OC(F)F)C(F)(F)F. The van der Waals surface area contributed by atoms with Crippen LogP contribution in [0.25, 0.3) is 0 Å². The van der Waals surface area contributed by atoms with E-state index in [-0.39, 0.29) is 0 Å². The van der Waals surface area contributed by atoms with Crippen LogP contribution in [0.2, 0.25) is 0 Å². The van der Waals surface area contributed by atoms with E-state index in [1.807, 2.05) is 0 Å². The van der Waals surface area contributed by atoms with Gasteiger partial charge in [0, 0.05) is 14.2 Å². The Morgan fingerprint density at radius 2 is 1.46 bits per heavy atom. The Labute approximate surface area is 71.8 Å². The summed E-state index contributed by atoms with van der Waals surface area (Å²) in [7, 11) is -4.05. The molecule has 0 N–H and O–H groups in total. The van der Waals surface area contributed by atoms with Crippen molar-refractivity contribution in [2.45, 2.75) is 12.4 Å². The highest BCUT2D eigenvalue weighted by Gasteiger charge is 2.67. The van der Waals surface area contributed by atoms with Crippen molar-refractivity contribution in [3.05, 3.63) is 0 Å². The molecule has 0 aliphatic carbocycles. The molecule has 0 aromatic carbocycles. The van der Waals surface area contributed by atoms with E-state index in [9.17, 15) is 22.0 Å². The zero-order chi connectivity index (χ0) is 10.7. The average Bonchev–Trinajstić information content (AvgIpc) is 1.97. The fraction of sp³-hybridized carbons (Fsp3) is 1.00. The zero-order valence-corrected chi connectivity index (χ0v) is 7.69. The summed E-state index contributed by atoms with van der Waals surface area (Å²) in [6.07, 6.45) is 0. The maximum atomic E-state index is 12.1. The van der Waals surface area contributed by atoms with Crippen LogP contribution in [0.5, 0.6) is 0 Å². The number of alkyl halides is 5. The van der Waals surface area contributed by atoms with Gasteiger partial charge < -0.3 is 13.3 Å². The summed E-state index contributed by atoms with van der Waals surface area (Å²) in [4.78, 5) is 0. The van der Waals surface area contributed by atoms with Crippen LogP contribution in [0.4, 0.5) is 22.0 Å². The smallest absolute Gasteiger partial charge is 0.371 e. The van der Waals surface area contributed by atoms with Crippen LogP contribution in [0.15, 0.2) is 0 Å². The minimum atomic E-state index is -5.26. The Morgan fingerprint density at radius 1 is 1.08 bits per heavy atom. The highest BCUT2D eigenvalue weighted by Crippen LogP contribution is 2.31. The molecule has 0 rings (SSSR count). The van der Waals surface area contributed by atoms with Gasteiger partial charge in [-0.3, -0.25) is 0 Å².